The first-order chi connectivity index (χ1) is 9.58. The van der Waals surface area contributed by atoms with E-state index in [1.54, 1.807) is 0 Å². The van der Waals surface area contributed by atoms with Gasteiger partial charge in [0.05, 0.1) is 0 Å². The van der Waals surface area contributed by atoms with E-state index >= 15 is 0 Å². The molecule has 1 amide bonds. The number of amides is 1. The van der Waals surface area contributed by atoms with Crippen molar-refractivity contribution in [2.24, 2.45) is 5.92 Å². The number of carbonyl (C=O) groups excluding carboxylic acids is 1. The van der Waals surface area contributed by atoms with Crippen LogP contribution in [0.2, 0.25) is 0 Å². The summed E-state index contributed by atoms with van der Waals surface area (Å²) in [5.74, 6) is 0.471. The lowest BCUT2D eigenvalue weighted by Gasteiger charge is -2.28. The summed E-state index contributed by atoms with van der Waals surface area (Å²) in [5, 5.41) is 2.86. The summed E-state index contributed by atoms with van der Waals surface area (Å²) in [6.45, 7) is 6.32. The van der Waals surface area contributed by atoms with E-state index in [0.29, 0.717) is 5.92 Å². The number of rotatable bonds is 3. The minimum atomic E-state index is -0.323. The van der Waals surface area contributed by atoms with Crippen molar-refractivity contribution >= 4 is 11.8 Å². The smallest absolute Gasteiger partial charge is 0.411 e. The molecule has 1 saturated carbocycles. The van der Waals surface area contributed by atoms with Crippen molar-refractivity contribution in [3.63, 3.8) is 0 Å². The standard InChI is InChI=1S/C17H25NO2/c1-4-14-9-12(2)10-15(11-14)18-17(19)20-16-8-6-5-7-13(16)3/h9-11,13,16H,4-8H2,1-3H3,(H,18,19)/t13-,16+/m1/s1. The maximum atomic E-state index is 12.0. The summed E-state index contributed by atoms with van der Waals surface area (Å²) in [5.41, 5.74) is 3.22. The monoisotopic (exact) mass is 275 g/mol. The van der Waals surface area contributed by atoms with E-state index in [2.05, 4.69) is 25.2 Å². The van der Waals surface area contributed by atoms with Gasteiger partial charge in [-0.05, 0) is 61.8 Å². The van der Waals surface area contributed by atoms with Gasteiger partial charge in [-0.25, -0.2) is 4.79 Å². The van der Waals surface area contributed by atoms with Crippen molar-refractivity contribution in [1.82, 2.24) is 0 Å². The second-order valence-corrected chi connectivity index (χ2v) is 5.89. The van der Waals surface area contributed by atoms with Crippen LogP contribution in [0.15, 0.2) is 18.2 Å². The predicted molar refractivity (Wildman–Crippen MR) is 82.1 cm³/mol. The fraction of sp³-hybridized carbons (Fsp3) is 0.588. The van der Waals surface area contributed by atoms with E-state index in [1.165, 1.54) is 12.0 Å². The highest BCUT2D eigenvalue weighted by Crippen LogP contribution is 2.26. The highest BCUT2D eigenvalue weighted by Gasteiger charge is 2.24. The Hall–Kier alpha value is -1.51. The molecule has 0 radical (unpaired) electrons. The summed E-state index contributed by atoms with van der Waals surface area (Å²) in [6.07, 6.45) is 5.26. The second kappa shape index (κ2) is 6.78. The van der Waals surface area contributed by atoms with Crippen molar-refractivity contribution in [2.75, 3.05) is 5.32 Å². The molecule has 0 spiro atoms. The van der Waals surface area contributed by atoms with Crippen LogP contribution in [0.5, 0.6) is 0 Å². The van der Waals surface area contributed by atoms with Crippen LogP contribution in [0.4, 0.5) is 10.5 Å². The van der Waals surface area contributed by atoms with Gasteiger partial charge >= 0.3 is 6.09 Å². The molecular formula is C17H25NO2. The summed E-state index contributed by atoms with van der Waals surface area (Å²) < 4.78 is 5.57. The maximum absolute atomic E-state index is 12.0. The Kier molecular flexibility index (Phi) is 5.05. The number of aryl methyl sites for hydroxylation is 2. The highest BCUT2D eigenvalue weighted by atomic mass is 16.6. The van der Waals surface area contributed by atoms with Crippen LogP contribution in [-0.4, -0.2) is 12.2 Å². The van der Waals surface area contributed by atoms with Gasteiger partial charge in [-0.1, -0.05) is 26.3 Å². The van der Waals surface area contributed by atoms with Crippen molar-refractivity contribution in [3.05, 3.63) is 29.3 Å². The number of hydrogen-bond acceptors (Lipinski definition) is 2. The van der Waals surface area contributed by atoms with Crippen LogP contribution in [0.3, 0.4) is 0 Å². The molecule has 20 heavy (non-hydrogen) atoms. The van der Waals surface area contributed by atoms with E-state index in [1.807, 2.05) is 19.1 Å². The zero-order valence-electron chi connectivity index (χ0n) is 12.7. The highest BCUT2D eigenvalue weighted by molar-refractivity contribution is 5.85. The van der Waals surface area contributed by atoms with Gasteiger partial charge in [0.25, 0.3) is 0 Å². The summed E-state index contributed by atoms with van der Waals surface area (Å²) in [7, 11) is 0. The normalized spacial score (nSPS) is 22.4. The van der Waals surface area contributed by atoms with Crippen LogP contribution < -0.4 is 5.32 Å². The molecule has 2 atom stereocenters. The Balaban J connectivity index is 1.95. The molecule has 0 aliphatic heterocycles. The van der Waals surface area contributed by atoms with E-state index in [4.69, 9.17) is 4.74 Å². The first-order valence-corrected chi connectivity index (χ1v) is 7.66. The molecule has 1 aromatic rings. The van der Waals surface area contributed by atoms with Crippen LogP contribution in [-0.2, 0) is 11.2 Å². The van der Waals surface area contributed by atoms with Gasteiger partial charge < -0.3 is 4.74 Å². The lowest BCUT2D eigenvalue weighted by molar-refractivity contribution is 0.0524. The summed E-state index contributed by atoms with van der Waals surface area (Å²) in [6, 6.07) is 6.13. The molecule has 3 nitrogen and oxygen atoms in total. The molecular weight excluding hydrogens is 250 g/mol. The van der Waals surface area contributed by atoms with E-state index in [-0.39, 0.29) is 12.2 Å². The lowest BCUT2D eigenvalue weighted by atomic mass is 9.88. The Morgan fingerprint density at radius 1 is 1.30 bits per heavy atom. The molecule has 1 aromatic carbocycles. The first kappa shape index (κ1) is 14.9. The van der Waals surface area contributed by atoms with Crippen molar-refractivity contribution in [3.8, 4) is 0 Å². The van der Waals surface area contributed by atoms with Gasteiger partial charge in [0, 0.05) is 5.69 Å². The molecule has 1 aliphatic rings. The van der Waals surface area contributed by atoms with Gasteiger partial charge in [0.1, 0.15) is 6.10 Å². The number of anilines is 1. The zero-order valence-corrected chi connectivity index (χ0v) is 12.7. The Labute approximate surface area is 121 Å². The molecule has 1 N–H and O–H groups in total. The van der Waals surface area contributed by atoms with Crippen LogP contribution in [0.1, 0.15) is 50.7 Å². The number of nitrogens with one attached hydrogen (secondary N) is 1. The molecule has 1 aliphatic carbocycles. The third kappa shape index (κ3) is 3.99. The minimum Gasteiger partial charge on any atom is -0.446 e. The molecule has 0 saturated heterocycles. The van der Waals surface area contributed by atoms with Gasteiger partial charge in [0.15, 0.2) is 0 Å². The lowest BCUT2D eigenvalue weighted by Crippen LogP contribution is -2.30. The Morgan fingerprint density at radius 2 is 2.05 bits per heavy atom. The molecule has 0 aromatic heterocycles. The number of ether oxygens (including phenoxy) is 1. The topological polar surface area (TPSA) is 38.3 Å². The molecule has 110 valence electrons. The minimum absolute atomic E-state index is 0.0687. The van der Waals surface area contributed by atoms with Crippen LogP contribution in [0, 0.1) is 12.8 Å². The fourth-order valence-electron chi connectivity index (χ4n) is 2.88. The fourth-order valence-corrected chi connectivity index (χ4v) is 2.88. The van der Waals surface area contributed by atoms with E-state index in [0.717, 1.165) is 36.9 Å². The molecule has 3 heteroatoms. The Bertz CT molecular complexity index is 470. The molecule has 0 bridgehead atoms. The SMILES string of the molecule is CCc1cc(C)cc(NC(=O)O[C@H]2CCCC[C@H]2C)c1. The van der Waals surface area contributed by atoms with Crippen LogP contribution >= 0.6 is 0 Å². The molecule has 0 unspecified atom stereocenters. The Morgan fingerprint density at radius 3 is 2.75 bits per heavy atom. The van der Waals surface area contributed by atoms with Crippen LogP contribution in [0.25, 0.3) is 0 Å². The first-order valence-electron chi connectivity index (χ1n) is 7.66. The summed E-state index contributed by atoms with van der Waals surface area (Å²) >= 11 is 0. The second-order valence-electron chi connectivity index (χ2n) is 5.89. The average Bonchev–Trinajstić information content (AvgIpc) is 2.40. The molecule has 0 heterocycles. The summed E-state index contributed by atoms with van der Waals surface area (Å²) in [4.78, 5) is 12.0. The third-order valence-electron chi connectivity index (χ3n) is 4.08. The number of benzene rings is 1. The van der Waals surface area contributed by atoms with E-state index in [9.17, 15) is 4.79 Å². The average molecular weight is 275 g/mol. The van der Waals surface area contributed by atoms with Crippen molar-refractivity contribution in [1.29, 1.82) is 0 Å². The largest absolute Gasteiger partial charge is 0.446 e. The quantitative estimate of drug-likeness (QED) is 0.869. The van der Waals surface area contributed by atoms with Crippen molar-refractivity contribution < 1.29 is 9.53 Å². The molecule has 1 fully saturated rings. The third-order valence-corrected chi connectivity index (χ3v) is 4.08. The van der Waals surface area contributed by atoms with Gasteiger partial charge in [0.2, 0.25) is 0 Å². The van der Waals surface area contributed by atoms with Gasteiger partial charge in [-0.3, -0.25) is 5.32 Å². The van der Waals surface area contributed by atoms with Gasteiger partial charge in [-0.15, -0.1) is 0 Å². The van der Waals surface area contributed by atoms with Gasteiger partial charge in [-0.2, -0.15) is 0 Å². The van der Waals surface area contributed by atoms with Crippen molar-refractivity contribution in [2.45, 2.75) is 59.0 Å². The van der Waals surface area contributed by atoms with E-state index < -0.39 is 0 Å². The number of carbonyl (C=O) groups is 1. The number of hydrogen-bond donors (Lipinski definition) is 1. The zero-order chi connectivity index (χ0) is 14.5. The maximum Gasteiger partial charge on any atom is 0.411 e. The molecule has 2 rings (SSSR count). The predicted octanol–water partition coefficient (Wildman–Crippen LogP) is 4.68.